The summed E-state index contributed by atoms with van der Waals surface area (Å²) in [6.45, 7) is 3.20. The van der Waals surface area contributed by atoms with Crippen LogP contribution in [0.25, 0.3) is 11.3 Å². The summed E-state index contributed by atoms with van der Waals surface area (Å²) in [7, 11) is -0.218. The Balaban J connectivity index is 2.12. The van der Waals surface area contributed by atoms with Crippen LogP contribution in [0.15, 0.2) is 41.7 Å². The lowest BCUT2D eigenvalue weighted by Gasteiger charge is -2.16. The number of nitrogens with zero attached hydrogens (tertiary/aromatic N) is 4. The van der Waals surface area contributed by atoms with Gasteiger partial charge in [0.05, 0.1) is 17.5 Å². The fraction of sp³-hybridized carbons (Fsp3) is 0.300. The minimum atomic E-state index is -3.56. The zero-order valence-corrected chi connectivity index (χ0v) is 18.7. The van der Waals surface area contributed by atoms with Crippen LogP contribution in [0.4, 0.5) is 17.3 Å². The number of carbonyl (C=O) groups excluding carboxylic acids is 1. The van der Waals surface area contributed by atoms with Crippen LogP contribution in [0.3, 0.4) is 0 Å². The second-order valence-corrected chi connectivity index (χ2v) is 9.03. The van der Waals surface area contributed by atoms with Gasteiger partial charge in [-0.1, -0.05) is 0 Å². The van der Waals surface area contributed by atoms with Crippen LogP contribution in [0.1, 0.15) is 25.5 Å². The molecule has 0 bridgehead atoms. The Labute approximate surface area is 180 Å². The number of rotatable bonds is 7. The molecular formula is C20H24N6O4S. The van der Waals surface area contributed by atoms with E-state index in [0.29, 0.717) is 34.1 Å². The summed E-state index contributed by atoms with van der Waals surface area (Å²) >= 11 is 0. The SMILES string of the molecule is COC(C)c1cc(Nc2cc(NC(C)=O)ncc2-c2ccn(C)n2)nc(S(C)(=O)=O)c1. The third-order valence-corrected chi connectivity index (χ3v) is 5.46. The maximum Gasteiger partial charge on any atom is 0.222 e. The Morgan fingerprint density at radius 3 is 2.55 bits per heavy atom. The molecule has 3 aromatic rings. The van der Waals surface area contributed by atoms with E-state index in [1.165, 1.54) is 13.0 Å². The van der Waals surface area contributed by atoms with Crippen molar-refractivity contribution in [1.29, 1.82) is 0 Å². The van der Waals surface area contributed by atoms with Crippen molar-refractivity contribution >= 4 is 33.1 Å². The van der Waals surface area contributed by atoms with E-state index >= 15 is 0 Å². The number of nitrogens with one attached hydrogen (secondary N) is 2. The molecule has 3 heterocycles. The number of aromatic nitrogens is 4. The molecular weight excluding hydrogens is 420 g/mol. The van der Waals surface area contributed by atoms with Crippen LogP contribution in [-0.4, -0.2) is 47.4 Å². The van der Waals surface area contributed by atoms with Gasteiger partial charge in [0, 0.05) is 51.4 Å². The number of pyridine rings is 2. The molecule has 11 heteroatoms. The summed E-state index contributed by atoms with van der Waals surface area (Å²) in [5, 5.41) is 10.1. The van der Waals surface area contributed by atoms with Gasteiger partial charge in [-0.2, -0.15) is 5.10 Å². The molecule has 2 N–H and O–H groups in total. The molecule has 3 aromatic heterocycles. The number of carbonyl (C=O) groups is 1. The standard InChI is InChI=1S/C20H24N6O4S/c1-12(30-4)14-8-19(24-20(9-14)31(5,28)29)23-17-10-18(22-13(2)27)21-11-15(17)16-6-7-26(3)25-16/h6-12H,1-5H3,(H2,21,22,23,24,27). The van der Waals surface area contributed by atoms with Gasteiger partial charge in [-0.05, 0) is 30.7 Å². The number of sulfone groups is 1. The number of aryl methyl sites for hydroxylation is 1. The zero-order valence-electron chi connectivity index (χ0n) is 17.9. The van der Waals surface area contributed by atoms with Crippen molar-refractivity contribution in [2.45, 2.75) is 25.0 Å². The number of hydrogen-bond acceptors (Lipinski definition) is 8. The topological polar surface area (TPSA) is 128 Å². The van der Waals surface area contributed by atoms with Crippen LogP contribution in [-0.2, 0) is 26.4 Å². The minimum absolute atomic E-state index is 0.0769. The molecule has 0 aliphatic heterocycles. The van der Waals surface area contributed by atoms with Crippen molar-refractivity contribution in [2.75, 3.05) is 24.0 Å². The van der Waals surface area contributed by atoms with E-state index in [4.69, 9.17) is 4.74 Å². The van der Waals surface area contributed by atoms with E-state index in [0.717, 1.165) is 6.26 Å². The predicted molar refractivity (Wildman–Crippen MR) is 117 cm³/mol. The fourth-order valence-electron chi connectivity index (χ4n) is 2.86. The largest absolute Gasteiger partial charge is 0.377 e. The zero-order chi connectivity index (χ0) is 22.8. The number of amides is 1. The fourth-order valence-corrected chi connectivity index (χ4v) is 3.47. The van der Waals surface area contributed by atoms with Crippen molar-refractivity contribution in [3.63, 3.8) is 0 Å². The van der Waals surface area contributed by atoms with Gasteiger partial charge >= 0.3 is 0 Å². The number of anilines is 3. The third-order valence-electron chi connectivity index (χ3n) is 4.49. The number of hydrogen-bond donors (Lipinski definition) is 2. The first-order valence-electron chi connectivity index (χ1n) is 9.36. The highest BCUT2D eigenvalue weighted by atomic mass is 32.2. The van der Waals surface area contributed by atoms with Gasteiger partial charge in [0.25, 0.3) is 0 Å². The van der Waals surface area contributed by atoms with Crippen molar-refractivity contribution in [3.8, 4) is 11.3 Å². The molecule has 1 unspecified atom stereocenters. The number of ether oxygens (including phenoxy) is 1. The van der Waals surface area contributed by atoms with E-state index in [2.05, 4.69) is 25.7 Å². The molecule has 0 saturated heterocycles. The molecule has 10 nitrogen and oxygen atoms in total. The second-order valence-electron chi connectivity index (χ2n) is 7.07. The Kier molecular flexibility index (Phi) is 6.37. The summed E-state index contributed by atoms with van der Waals surface area (Å²) in [6, 6.07) is 6.66. The Bertz CT molecular complexity index is 1220. The summed E-state index contributed by atoms with van der Waals surface area (Å²) in [5.74, 6) is 0.371. The van der Waals surface area contributed by atoms with Gasteiger partial charge in [0.2, 0.25) is 5.91 Å². The lowest BCUT2D eigenvalue weighted by atomic mass is 10.1. The first-order valence-corrected chi connectivity index (χ1v) is 11.3. The van der Waals surface area contributed by atoms with E-state index < -0.39 is 9.84 Å². The summed E-state index contributed by atoms with van der Waals surface area (Å²) < 4.78 is 31.3. The summed E-state index contributed by atoms with van der Waals surface area (Å²) in [6.07, 6.45) is 4.13. The third kappa shape index (κ3) is 5.44. The normalized spacial score (nSPS) is 12.4. The van der Waals surface area contributed by atoms with Gasteiger partial charge in [-0.15, -0.1) is 0 Å². The Hall–Kier alpha value is -3.31. The summed E-state index contributed by atoms with van der Waals surface area (Å²) in [5.41, 5.74) is 2.50. The van der Waals surface area contributed by atoms with E-state index in [1.807, 2.05) is 13.0 Å². The molecule has 31 heavy (non-hydrogen) atoms. The molecule has 0 aromatic carbocycles. The van der Waals surface area contributed by atoms with Crippen LogP contribution >= 0.6 is 0 Å². The van der Waals surface area contributed by atoms with Crippen LogP contribution in [0.5, 0.6) is 0 Å². The first-order chi connectivity index (χ1) is 14.6. The second kappa shape index (κ2) is 8.82. The highest BCUT2D eigenvalue weighted by Crippen LogP contribution is 2.31. The van der Waals surface area contributed by atoms with Gasteiger partial charge < -0.3 is 15.4 Å². The van der Waals surface area contributed by atoms with Crippen molar-refractivity contribution < 1.29 is 17.9 Å². The lowest BCUT2D eigenvalue weighted by molar-refractivity contribution is -0.114. The maximum absolute atomic E-state index is 12.2. The highest BCUT2D eigenvalue weighted by Gasteiger charge is 2.17. The molecule has 3 rings (SSSR count). The molecule has 164 valence electrons. The maximum atomic E-state index is 12.2. The lowest BCUT2D eigenvalue weighted by Crippen LogP contribution is -2.09. The molecule has 0 radical (unpaired) electrons. The smallest absolute Gasteiger partial charge is 0.222 e. The van der Waals surface area contributed by atoms with E-state index in [9.17, 15) is 13.2 Å². The average Bonchev–Trinajstić information content (AvgIpc) is 3.12. The highest BCUT2D eigenvalue weighted by molar-refractivity contribution is 7.90. The first kappa shape index (κ1) is 22.4. The van der Waals surface area contributed by atoms with Gasteiger partial charge in [0.15, 0.2) is 14.9 Å². The molecule has 1 atom stereocenters. The minimum Gasteiger partial charge on any atom is -0.377 e. The molecule has 0 saturated carbocycles. The van der Waals surface area contributed by atoms with Crippen molar-refractivity contribution in [3.05, 3.63) is 42.2 Å². The molecule has 1 amide bonds. The molecule has 0 aliphatic carbocycles. The molecule has 0 fully saturated rings. The van der Waals surface area contributed by atoms with Gasteiger partial charge in [-0.3, -0.25) is 9.48 Å². The van der Waals surface area contributed by atoms with E-state index in [1.54, 1.807) is 43.4 Å². The number of methoxy groups -OCH3 is 1. The molecule has 0 spiro atoms. The van der Waals surface area contributed by atoms with Crippen LogP contribution in [0, 0.1) is 0 Å². The quantitative estimate of drug-likeness (QED) is 0.569. The van der Waals surface area contributed by atoms with Gasteiger partial charge in [0.1, 0.15) is 11.6 Å². The molecule has 0 aliphatic rings. The van der Waals surface area contributed by atoms with Gasteiger partial charge in [-0.25, -0.2) is 18.4 Å². The Morgan fingerprint density at radius 1 is 1.23 bits per heavy atom. The van der Waals surface area contributed by atoms with Crippen LogP contribution < -0.4 is 10.6 Å². The summed E-state index contributed by atoms with van der Waals surface area (Å²) in [4.78, 5) is 20.0. The monoisotopic (exact) mass is 444 g/mol. The van der Waals surface area contributed by atoms with Crippen molar-refractivity contribution in [2.24, 2.45) is 7.05 Å². The van der Waals surface area contributed by atoms with Crippen molar-refractivity contribution in [1.82, 2.24) is 19.7 Å². The average molecular weight is 445 g/mol. The Morgan fingerprint density at radius 2 is 1.97 bits per heavy atom. The van der Waals surface area contributed by atoms with E-state index in [-0.39, 0.29) is 17.0 Å². The van der Waals surface area contributed by atoms with Crippen LogP contribution in [0.2, 0.25) is 0 Å². The predicted octanol–water partition coefficient (Wildman–Crippen LogP) is 2.69.